The molecule has 112 valence electrons. The minimum atomic E-state index is -3.34. The molecule has 0 bridgehead atoms. The summed E-state index contributed by atoms with van der Waals surface area (Å²) < 4.78 is 27.0. The molecule has 2 N–H and O–H groups in total. The predicted molar refractivity (Wildman–Crippen MR) is 80.2 cm³/mol. The first-order valence-electron chi connectivity index (χ1n) is 7.13. The molecule has 2 aliphatic heterocycles. The van der Waals surface area contributed by atoms with Gasteiger partial charge in [0.05, 0.1) is 4.90 Å². The molecule has 3 heterocycles. The lowest BCUT2D eigenvalue weighted by molar-refractivity contribution is 0.0852. The van der Waals surface area contributed by atoms with Crippen molar-refractivity contribution in [1.29, 1.82) is 0 Å². The second kappa shape index (κ2) is 5.73. The van der Waals surface area contributed by atoms with E-state index in [-0.39, 0.29) is 0 Å². The lowest BCUT2D eigenvalue weighted by atomic mass is 10.0. The average molecular weight is 315 g/mol. The molecule has 3 rings (SSSR count). The number of piperidine rings is 1. The van der Waals surface area contributed by atoms with Crippen molar-refractivity contribution in [2.24, 2.45) is 5.73 Å². The fourth-order valence-corrected chi connectivity index (χ4v) is 5.71. The van der Waals surface area contributed by atoms with Crippen molar-refractivity contribution in [3.63, 3.8) is 0 Å². The molecule has 0 radical (unpaired) electrons. The van der Waals surface area contributed by atoms with Gasteiger partial charge in [0.1, 0.15) is 0 Å². The van der Waals surface area contributed by atoms with Crippen LogP contribution in [0.4, 0.5) is 0 Å². The highest BCUT2D eigenvalue weighted by molar-refractivity contribution is 7.89. The second-order valence-corrected chi connectivity index (χ2v) is 8.44. The van der Waals surface area contributed by atoms with E-state index in [4.69, 9.17) is 5.73 Å². The third-order valence-corrected chi connectivity index (χ3v) is 7.22. The Balaban J connectivity index is 1.77. The summed E-state index contributed by atoms with van der Waals surface area (Å²) in [6, 6.07) is 2.12. The lowest BCUT2D eigenvalue weighted by Crippen LogP contribution is -2.56. The minimum Gasteiger partial charge on any atom is -0.326 e. The molecule has 5 nitrogen and oxygen atoms in total. The summed E-state index contributed by atoms with van der Waals surface area (Å²) in [5.41, 5.74) is 5.57. The number of sulfonamides is 1. The highest BCUT2D eigenvalue weighted by Crippen LogP contribution is 2.27. The van der Waals surface area contributed by atoms with Crippen LogP contribution in [0.3, 0.4) is 0 Å². The Labute approximate surface area is 124 Å². The third-order valence-electron chi connectivity index (χ3n) is 4.27. The van der Waals surface area contributed by atoms with Crippen LogP contribution in [0, 0.1) is 0 Å². The zero-order valence-corrected chi connectivity index (χ0v) is 13.1. The van der Waals surface area contributed by atoms with Gasteiger partial charge in [-0.2, -0.15) is 4.31 Å². The first-order valence-corrected chi connectivity index (χ1v) is 9.45. The van der Waals surface area contributed by atoms with E-state index in [1.54, 1.807) is 15.8 Å². The zero-order chi connectivity index (χ0) is 14.2. The summed E-state index contributed by atoms with van der Waals surface area (Å²) in [6.07, 6.45) is 3.57. The molecule has 1 atom stereocenters. The average Bonchev–Trinajstić information content (AvgIpc) is 2.96. The van der Waals surface area contributed by atoms with Crippen LogP contribution in [0.1, 0.15) is 24.1 Å². The van der Waals surface area contributed by atoms with Crippen LogP contribution < -0.4 is 5.73 Å². The van der Waals surface area contributed by atoms with E-state index < -0.39 is 10.0 Å². The molecule has 2 fully saturated rings. The van der Waals surface area contributed by atoms with Crippen molar-refractivity contribution in [1.82, 2.24) is 9.21 Å². The van der Waals surface area contributed by atoms with E-state index in [2.05, 4.69) is 4.90 Å². The summed E-state index contributed by atoms with van der Waals surface area (Å²) in [4.78, 5) is 3.76. The molecule has 2 saturated heterocycles. The Morgan fingerprint density at radius 3 is 2.90 bits per heavy atom. The van der Waals surface area contributed by atoms with Crippen LogP contribution in [0.25, 0.3) is 0 Å². The topological polar surface area (TPSA) is 66.6 Å². The van der Waals surface area contributed by atoms with E-state index in [0.717, 1.165) is 24.4 Å². The van der Waals surface area contributed by atoms with Gasteiger partial charge in [0.25, 0.3) is 0 Å². The van der Waals surface area contributed by atoms with E-state index >= 15 is 0 Å². The zero-order valence-electron chi connectivity index (χ0n) is 11.5. The maximum atomic E-state index is 12.7. The van der Waals surface area contributed by atoms with Crippen LogP contribution in [0.15, 0.2) is 16.3 Å². The van der Waals surface area contributed by atoms with Gasteiger partial charge in [-0.3, -0.25) is 4.90 Å². The number of thiophene rings is 1. The van der Waals surface area contributed by atoms with Gasteiger partial charge in [-0.15, -0.1) is 11.3 Å². The van der Waals surface area contributed by atoms with Gasteiger partial charge in [-0.25, -0.2) is 8.42 Å². The molecule has 2 aliphatic rings. The predicted octanol–water partition coefficient (Wildman–Crippen LogP) is 1.07. The maximum absolute atomic E-state index is 12.7. The normalized spacial score (nSPS) is 25.6. The second-order valence-electron chi connectivity index (χ2n) is 5.50. The minimum absolute atomic E-state index is 0.399. The van der Waals surface area contributed by atoms with E-state index in [0.29, 0.717) is 30.6 Å². The third kappa shape index (κ3) is 2.65. The maximum Gasteiger partial charge on any atom is 0.244 e. The number of fused-ring (bicyclic) bond motifs is 1. The number of piperazine rings is 1. The van der Waals surface area contributed by atoms with Gasteiger partial charge < -0.3 is 5.73 Å². The highest BCUT2D eigenvalue weighted by atomic mass is 32.2. The number of rotatable bonds is 3. The Kier molecular flexibility index (Phi) is 4.14. The van der Waals surface area contributed by atoms with Crippen molar-refractivity contribution in [3.05, 3.63) is 16.3 Å². The quantitative estimate of drug-likeness (QED) is 0.906. The summed E-state index contributed by atoms with van der Waals surface area (Å²) in [5, 5.41) is 1.71. The number of nitrogens with zero attached hydrogens (tertiary/aromatic N) is 2. The SMILES string of the molecule is NCc1cc(S(=O)(=O)N2CCN3CCCCC3C2)cs1. The molecular formula is C13H21N3O2S2. The fourth-order valence-electron chi connectivity index (χ4n) is 3.10. The molecule has 0 amide bonds. The van der Waals surface area contributed by atoms with Gasteiger partial charge in [0.15, 0.2) is 0 Å². The van der Waals surface area contributed by atoms with E-state index in [1.165, 1.54) is 24.2 Å². The van der Waals surface area contributed by atoms with Gasteiger partial charge in [0, 0.05) is 42.5 Å². The summed E-state index contributed by atoms with van der Waals surface area (Å²) in [7, 11) is -3.34. The fraction of sp³-hybridized carbons (Fsp3) is 0.692. The molecule has 0 aromatic carbocycles. The molecule has 20 heavy (non-hydrogen) atoms. The number of hydrogen-bond acceptors (Lipinski definition) is 5. The van der Waals surface area contributed by atoms with Gasteiger partial charge in [0.2, 0.25) is 10.0 Å². The first kappa shape index (κ1) is 14.5. The van der Waals surface area contributed by atoms with Crippen molar-refractivity contribution in [3.8, 4) is 0 Å². The van der Waals surface area contributed by atoms with Crippen LogP contribution in [-0.2, 0) is 16.6 Å². The van der Waals surface area contributed by atoms with Gasteiger partial charge >= 0.3 is 0 Å². The molecule has 1 aromatic heterocycles. The summed E-state index contributed by atoms with van der Waals surface area (Å²) in [5.74, 6) is 0. The molecule has 0 saturated carbocycles. The number of nitrogens with two attached hydrogens (primary N) is 1. The van der Waals surface area contributed by atoms with Crippen molar-refractivity contribution in [2.75, 3.05) is 26.2 Å². The summed E-state index contributed by atoms with van der Waals surface area (Å²) in [6.45, 7) is 3.62. The molecule has 1 aromatic rings. The number of hydrogen-bond donors (Lipinski definition) is 1. The highest BCUT2D eigenvalue weighted by Gasteiger charge is 2.35. The Bertz CT molecular complexity index is 570. The smallest absolute Gasteiger partial charge is 0.244 e. The lowest BCUT2D eigenvalue weighted by Gasteiger charge is -2.43. The van der Waals surface area contributed by atoms with Crippen LogP contribution in [0.5, 0.6) is 0 Å². The van der Waals surface area contributed by atoms with E-state index in [1.807, 2.05) is 0 Å². The first-order chi connectivity index (χ1) is 9.61. The van der Waals surface area contributed by atoms with Crippen LogP contribution in [0.2, 0.25) is 0 Å². The van der Waals surface area contributed by atoms with Crippen molar-refractivity contribution in [2.45, 2.75) is 36.7 Å². The van der Waals surface area contributed by atoms with Gasteiger partial charge in [-0.05, 0) is 25.5 Å². The van der Waals surface area contributed by atoms with Gasteiger partial charge in [-0.1, -0.05) is 6.42 Å². The van der Waals surface area contributed by atoms with Crippen molar-refractivity contribution >= 4 is 21.4 Å². The molecule has 0 aliphatic carbocycles. The Hall–Kier alpha value is -0.470. The molecule has 1 unspecified atom stereocenters. The monoisotopic (exact) mass is 315 g/mol. The Morgan fingerprint density at radius 1 is 1.30 bits per heavy atom. The summed E-state index contributed by atoms with van der Waals surface area (Å²) >= 11 is 1.42. The largest absolute Gasteiger partial charge is 0.326 e. The molecule has 0 spiro atoms. The standard InChI is InChI=1S/C13H21N3O2S2/c14-8-12-7-13(10-19-12)20(17,18)16-6-5-15-4-2-1-3-11(15)9-16/h7,10-11H,1-6,8-9,14H2. The van der Waals surface area contributed by atoms with Crippen LogP contribution >= 0.6 is 11.3 Å². The molecule has 7 heteroatoms. The molecular weight excluding hydrogens is 294 g/mol. The van der Waals surface area contributed by atoms with Crippen molar-refractivity contribution < 1.29 is 8.42 Å². The van der Waals surface area contributed by atoms with Crippen LogP contribution in [-0.4, -0.2) is 49.8 Å². The van der Waals surface area contributed by atoms with E-state index in [9.17, 15) is 8.42 Å². The Morgan fingerprint density at radius 2 is 2.15 bits per heavy atom.